The molecule has 21 heavy (non-hydrogen) atoms. The Hall–Kier alpha value is -1.40. The van der Waals surface area contributed by atoms with Gasteiger partial charge >= 0.3 is 0 Å². The van der Waals surface area contributed by atoms with Crippen LogP contribution < -0.4 is 11.1 Å². The van der Waals surface area contributed by atoms with E-state index in [2.05, 4.69) is 5.32 Å². The van der Waals surface area contributed by atoms with Gasteiger partial charge in [-0.2, -0.15) is 0 Å². The molecular weight excluding hydrogens is 288 g/mol. The normalized spacial score (nSPS) is 13.2. The maximum absolute atomic E-state index is 11.9. The zero-order valence-corrected chi connectivity index (χ0v) is 13.6. The first-order valence-corrected chi connectivity index (χ1v) is 8.78. The van der Waals surface area contributed by atoms with Crippen molar-refractivity contribution >= 4 is 21.4 Å². The molecule has 0 aliphatic carbocycles. The number of amides is 1. The third kappa shape index (κ3) is 6.27. The van der Waals surface area contributed by atoms with Crippen LogP contribution in [-0.2, 0) is 20.4 Å². The summed E-state index contributed by atoms with van der Waals surface area (Å²) >= 11 is 0. The Morgan fingerprint density at radius 3 is 2.52 bits per heavy atom. The molecule has 0 aliphatic rings. The molecule has 1 rings (SSSR count). The Kier molecular flexibility index (Phi) is 6.36. The zero-order chi connectivity index (χ0) is 16.0. The SMILES string of the molecule is CC(N)CCC(=O)Nc1cccc(CS(=O)(=O)C(C)C)c1. The van der Waals surface area contributed by atoms with E-state index in [4.69, 9.17) is 5.73 Å². The Morgan fingerprint density at radius 1 is 1.29 bits per heavy atom. The molecule has 0 heterocycles. The van der Waals surface area contributed by atoms with E-state index in [1.165, 1.54) is 0 Å². The van der Waals surface area contributed by atoms with Crippen LogP contribution in [-0.4, -0.2) is 25.6 Å². The fourth-order valence-electron chi connectivity index (χ4n) is 1.72. The maximum Gasteiger partial charge on any atom is 0.224 e. The minimum Gasteiger partial charge on any atom is -0.328 e. The first kappa shape index (κ1) is 17.7. The average Bonchev–Trinajstić information content (AvgIpc) is 2.36. The van der Waals surface area contributed by atoms with Crippen LogP contribution in [0.3, 0.4) is 0 Å². The number of benzene rings is 1. The van der Waals surface area contributed by atoms with Crippen LogP contribution in [0, 0.1) is 0 Å². The lowest BCUT2D eigenvalue weighted by molar-refractivity contribution is -0.116. The molecule has 1 atom stereocenters. The van der Waals surface area contributed by atoms with Gasteiger partial charge in [-0.25, -0.2) is 8.42 Å². The second kappa shape index (κ2) is 7.56. The monoisotopic (exact) mass is 312 g/mol. The summed E-state index contributed by atoms with van der Waals surface area (Å²) in [7, 11) is -3.15. The van der Waals surface area contributed by atoms with Gasteiger partial charge in [0.15, 0.2) is 9.84 Å². The zero-order valence-electron chi connectivity index (χ0n) is 12.8. The molecule has 1 aromatic carbocycles. The second-order valence-corrected chi connectivity index (χ2v) is 8.18. The predicted octanol–water partition coefficient (Wildman–Crippen LogP) is 2.08. The van der Waals surface area contributed by atoms with Crippen LogP contribution in [0.15, 0.2) is 24.3 Å². The van der Waals surface area contributed by atoms with E-state index in [9.17, 15) is 13.2 Å². The lowest BCUT2D eigenvalue weighted by Crippen LogP contribution is -2.19. The van der Waals surface area contributed by atoms with Crippen LogP contribution in [0.5, 0.6) is 0 Å². The molecule has 0 saturated heterocycles. The fourth-order valence-corrected chi connectivity index (χ4v) is 2.70. The highest BCUT2D eigenvalue weighted by molar-refractivity contribution is 7.91. The number of anilines is 1. The molecule has 0 bridgehead atoms. The van der Waals surface area contributed by atoms with Crippen molar-refractivity contribution in [2.24, 2.45) is 5.73 Å². The highest BCUT2D eigenvalue weighted by atomic mass is 32.2. The summed E-state index contributed by atoms with van der Waals surface area (Å²) in [5.41, 5.74) is 6.90. The molecule has 0 fully saturated rings. The molecule has 1 unspecified atom stereocenters. The van der Waals surface area contributed by atoms with Gasteiger partial charge in [-0.3, -0.25) is 4.79 Å². The van der Waals surface area contributed by atoms with Crippen molar-refractivity contribution < 1.29 is 13.2 Å². The van der Waals surface area contributed by atoms with Crippen molar-refractivity contribution in [1.82, 2.24) is 0 Å². The van der Waals surface area contributed by atoms with Gasteiger partial charge in [0.1, 0.15) is 0 Å². The summed E-state index contributed by atoms with van der Waals surface area (Å²) in [5.74, 6) is -0.134. The topological polar surface area (TPSA) is 89.3 Å². The molecule has 1 amide bonds. The van der Waals surface area contributed by atoms with Gasteiger partial charge in [0.2, 0.25) is 5.91 Å². The van der Waals surface area contributed by atoms with Crippen LogP contribution in [0.1, 0.15) is 39.2 Å². The van der Waals surface area contributed by atoms with E-state index in [-0.39, 0.29) is 17.7 Å². The standard InChI is InChI=1S/C15H24N2O3S/c1-11(2)21(19,20)10-13-5-4-6-14(9-13)17-15(18)8-7-12(3)16/h4-6,9,11-12H,7-8,10,16H2,1-3H3,(H,17,18). The number of rotatable bonds is 7. The second-order valence-electron chi connectivity index (χ2n) is 5.62. The predicted molar refractivity (Wildman–Crippen MR) is 85.7 cm³/mol. The van der Waals surface area contributed by atoms with Crippen molar-refractivity contribution in [2.75, 3.05) is 5.32 Å². The number of carbonyl (C=O) groups excluding carboxylic acids is 1. The molecule has 118 valence electrons. The highest BCUT2D eigenvalue weighted by Gasteiger charge is 2.17. The highest BCUT2D eigenvalue weighted by Crippen LogP contribution is 2.16. The lowest BCUT2D eigenvalue weighted by Gasteiger charge is -2.10. The largest absolute Gasteiger partial charge is 0.328 e. The molecule has 0 saturated carbocycles. The number of hydrogen-bond donors (Lipinski definition) is 2. The van der Waals surface area contributed by atoms with Crippen molar-refractivity contribution in [3.63, 3.8) is 0 Å². The summed E-state index contributed by atoms with van der Waals surface area (Å²) in [6.45, 7) is 5.18. The minimum absolute atomic E-state index is 0.0155. The number of sulfone groups is 1. The quantitative estimate of drug-likeness (QED) is 0.806. The third-order valence-corrected chi connectivity index (χ3v) is 5.30. The first-order chi connectivity index (χ1) is 9.70. The maximum atomic E-state index is 11.9. The van der Waals surface area contributed by atoms with Gasteiger partial charge in [-0.15, -0.1) is 0 Å². The molecule has 5 nitrogen and oxygen atoms in total. The van der Waals surface area contributed by atoms with Gasteiger partial charge in [0.05, 0.1) is 11.0 Å². The van der Waals surface area contributed by atoms with Crippen LogP contribution in [0.2, 0.25) is 0 Å². The summed E-state index contributed by atoms with van der Waals surface area (Å²) < 4.78 is 23.8. The molecule has 0 aliphatic heterocycles. The fraction of sp³-hybridized carbons (Fsp3) is 0.533. The summed E-state index contributed by atoms with van der Waals surface area (Å²) in [4.78, 5) is 11.7. The van der Waals surface area contributed by atoms with Crippen LogP contribution in [0.4, 0.5) is 5.69 Å². The minimum atomic E-state index is -3.15. The molecule has 0 aromatic heterocycles. The van der Waals surface area contributed by atoms with E-state index in [0.717, 1.165) is 0 Å². The van der Waals surface area contributed by atoms with Gasteiger partial charge in [0, 0.05) is 18.2 Å². The first-order valence-electron chi connectivity index (χ1n) is 7.06. The van der Waals surface area contributed by atoms with E-state index < -0.39 is 15.1 Å². The number of hydrogen-bond acceptors (Lipinski definition) is 4. The van der Waals surface area contributed by atoms with Gasteiger partial charge in [0.25, 0.3) is 0 Å². The average molecular weight is 312 g/mol. The van der Waals surface area contributed by atoms with Crippen molar-refractivity contribution in [3.05, 3.63) is 29.8 Å². The molecule has 1 aromatic rings. The van der Waals surface area contributed by atoms with E-state index >= 15 is 0 Å². The number of nitrogens with one attached hydrogen (secondary N) is 1. The Bertz CT molecular complexity index is 580. The Balaban J connectivity index is 2.71. The van der Waals surface area contributed by atoms with E-state index in [0.29, 0.717) is 24.1 Å². The van der Waals surface area contributed by atoms with Crippen LogP contribution >= 0.6 is 0 Å². The Morgan fingerprint density at radius 2 is 1.95 bits per heavy atom. The van der Waals surface area contributed by atoms with Gasteiger partial charge < -0.3 is 11.1 Å². The lowest BCUT2D eigenvalue weighted by atomic mass is 10.2. The van der Waals surface area contributed by atoms with Gasteiger partial charge in [-0.1, -0.05) is 12.1 Å². The number of nitrogens with two attached hydrogens (primary N) is 1. The summed E-state index contributed by atoms with van der Waals surface area (Å²) in [6.07, 6.45) is 0.972. The summed E-state index contributed by atoms with van der Waals surface area (Å²) in [5, 5.41) is 2.35. The van der Waals surface area contributed by atoms with Gasteiger partial charge in [-0.05, 0) is 44.9 Å². The van der Waals surface area contributed by atoms with Crippen LogP contribution in [0.25, 0.3) is 0 Å². The number of carbonyl (C=O) groups is 1. The molecule has 3 N–H and O–H groups in total. The molecule has 0 radical (unpaired) electrons. The van der Waals surface area contributed by atoms with Crippen molar-refractivity contribution in [1.29, 1.82) is 0 Å². The van der Waals surface area contributed by atoms with Crippen molar-refractivity contribution in [2.45, 2.75) is 50.7 Å². The van der Waals surface area contributed by atoms with Crippen molar-refractivity contribution in [3.8, 4) is 0 Å². The Labute approximate surface area is 126 Å². The molecular formula is C15H24N2O3S. The molecule has 0 spiro atoms. The van der Waals surface area contributed by atoms with E-state index in [1.54, 1.807) is 38.1 Å². The third-order valence-electron chi connectivity index (χ3n) is 3.12. The summed E-state index contributed by atoms with van der Waals surface area (Å²) in [6, 6.07) is 6.92. The molecule has 6 heteroatoms. The smallest absolute Gasteiger partial charge is 0.224 e. The van der Waals surface area contributed by atoms with E-state index in [1.807, 2.05) is 6.92 Å².